The molecule has 37 heavy (non-hydrogen) atoms. The molecular formula is C26H35F2N5O4. The smallest absolute Gasteiger partial charge is 0.225 e. The highest BCUT2D eigenvalue weighted by Gasteiger charge is 2.37. The number of benzene rings is 1. The van der Waals surface area contributed by atoms with Crippen LogP contribution in [0.3, 0.4) is 0 Å². The Morgan fingerprint density at radius 2 is 1.97 bits per heavy atom. The minimum atomic E-state index is -0.978. The fourth-order valence-corrected chi connectivity index (χ4v) is 4.60. The lowest BCUT2D eigenvalue weighted by molar-refractivity contribution is -0.145. The molecule has 1 aromatic carbocycles. The van der Waals surface area contributed by atoms with E-state index in [-0.39, 0.29) is 29.9 Å². The third-order valence-electron chi connectivity index (χ3n) is 6.58. The van der Waals surface area contributed by atoms with Gasteiger partial charge in [0.2, 0.25) is 17.7 Å². The Labute approximate surface area is 215 Å². The van der Waals surface area contributed by atoms with Gasteiger partial charge in [-0.25, -0.2) is 13.8 Å². The maximum Gasteiger partial charge on any atom is 0.225 e. The van der Waals surface area contributed by atoms with E-state index in [1.54, 1.807) is 11.8 Å². The molecule has 2 aromatic rings. The lowest BCUT2D eigenvalue weighted by Crippen LogP contribution is -2.50. The summed E-state index contributed by atoms with van der Waals surface area (Å²) in [6.07, 6.45) is 1.57. The number of imidazole rings is 1. The molecule has 9 nitrogen and oxygen atoms in total. The molecule has 1 aliphatic heterocycles. The standard InChI is InChI=1S/C26H35F2N5O4/c1-14(2)9-19(24(29)35)20(11-23(34)33-7-8-37-13-15(33)3)26(36)31-16(4)25-30-12-22(32-25)18-6-5-17(27)10-21(18)28/h5-6,10,12,14-16,19-20H,7-9,11,13H2,1-4H3,(H2,29,35)(H,30,32)(H,31,36)/t15-,16-,19?,20-/m0/s1. The number of hydrogen-bond donors (Lipinski definition) is 3. The zero-order chi connectivity index (χ0) is 27.3. The summed E-state index contributed by atoms with van der Waals surface area (Å²) >= 11 is 0. The number of amides is 3. The van der Waals surface area contributed by atoms with Gasteiger partial charge in [0.1, 0.15) is 17.5 Å². The topological polar surface area (TPSA) is 130 Å². The largest absolute Gasteiger partial charge is 0.377 e. The van der Waals surface area contributed by atoms with E-state index in [9.17, 15) is 23.2 Å². The number of carbonyl (C=O) groups is 3. The highest BCUT2D eigenvalue weighted by atomic mass is 19.1. The van der Waals surface area contributed by atoms with E-state index >= 15 is 0 Å². The van der Waals surface area contributed by atoms with Gasteiger partial charge in [-0.05, 0) is 38.3 Å². The van der Waals surface area contributed by atoms with Crippen molar-refractivity contribution in [2.75, 3.05) is 19.8 Å². The van der Waals surface area contributed by atoms with Crippen molar-refractivity contribution in [3.63, 3.8) is 0 Å². The molecule has 1 saturated heterocycles. The number of hydrogen-bond acceptors (Lipinski definition) is 5. The van der Waals surface area contributed by atoms with Gasteiger partial charge in [-0.3, -0.25) is 14.4 Å². The summed E-state index contributed by atoms with van der Waals surface area (Å²) in [5.74, 6) is -4.25. The fraction of sp³-hybridized carbons (Fsp3) is 0.538. The van der Waals surface area contributed by atoms with Gasteiger partial charge in [0.05, 0.1) is 49.0 Å². The van der Waals surface area contributed by atoms with Crippen molar-refractivity contribution in [3.8, 4) is 11.3 Å². The molecule has 0 saturated carbocycles. The molecule has 1 aromatic heterocycles. The Bertz CT molecular complexity index is 1120. The van der Waals surface area contributed by atoms with E-state index in [1.165, 1.54) is 12.3 Å². The van der Waals surface area contributed by atoms with Gasteiger partial charge >= 0.3 is 0 Å². The first-order valence-electron chi connectivity index (χ1n) is 12.4. The van der Waals surface area contributed by atoms with Crippen molar-refractivity contribution in [3.05, 3.63) is 41.9 Å². The highest BCUT2D eigenvalue weighted by molar-refractivity contribution is 5.91. The van der Waals surface area contributed by atoms with Crippen molar-refractivity contribution in [2.45, 2.75) is 52.6 Å². The molecule has 0 bridgehead atoms. The number of aromatic amines is 1. The van der Waals surface area contributed by atoms with Crippen molar-refractivity contribution < 1.29 is 27.9 Å². The SMILES string of the molecule is CC(C)CC(C(N)=O)[C@H](CC(=O)N1CCOC[C@@H]1C)C(=O)N[C@@H](C)c1ncc(-c2ccc(F)cc2F)[nH]1. The Morgan fingerprint density at radius 1 is 1.24 bits per heavy atom. The number of morpholine rings is 1. The third-order valence-corrected chi connectivity index (χ3v) is 6.58. The first-order chi connectivity index (χ1) is 17.5. The summed E-state index contributed by atoms with van der Waals surface area (Å²) in [5, 5.41) is 2.82. The van der Waals surface area contributed by atoms with E-state index in [4.69, 9.17) is 10.5 Å². The van der Waals surface area contributed by atoms with Gasteiger partial charge in [0, 0.05) is 24.6 Å². The van der Waals surface area contributed by atoms with E-state index in [2.05, 4.69) is 15.3 Å². The van der Waals surface area contributed by atoms with E-state index in [0.29, 0.717) is 37.7 Å². The van der Waals surface area contributed by atoms with Gasteiger partial charge in [0.25, 0.3) is 0 Å². The Balaban J connectivity index is 1.80. The van der Waals surface area contributed by atoms with Crippen LogP contribution in [0.1, 0.15) is 52.4 Å². The lowest BCUT2D eigenvalue weighted by Gasteiger charge is -2.35. The fourth-order valence-electron chi connectivity index (χ4n) is 4.60. The summed E-state index contributed by atoms with van der Waals surface area (Å²) in [6, 6.07) is 2.41. The predicted octanol–water partition coefficient (Wildman–Crippen LogP) is 2.93. The summed E-state index contributed by atoms with van der Waals surface area (Å²) in [6.45, 7) is 8.59. The van der Waals surface area contributed by atoms with E-state index in [0.717, 1.165) is 12.1 Å². The van der Waals surface area contributed by atoms with E-state index in [1.807, 2.05) is 20.8 Å². The first kappa shape index (κ1) is 28.2. The van der Waals surface area contributed by atoms with Gasteiger partial charge in [-0.2, -0.15) is 0 Å². The summed E-state index contributed by atoms with van der Waals surface area (Å²) in [7, 11) is 0. The maximum absolute atomic E-state index is 14.2. The summed E-state index contributed by atoms with van der Waals surface area (Å²) < 4.78 is 32.9. The molecule has 3 amide bonds. The maximum atomic E-state index is 14.2. The number of nitrogens with one attached hydrogen (secondary N) is 2. The molecule has 0 spiro atoms. The third kappa shape index (κ3) is 7.12. The number of ether oxygens (including phenoxy) is 1. The average Bonchev–Trinajstić information content (AvgIpc) is 3.31. The zero-order valence-corrected chi connectivity index (χ0v) is 21.6. The molecule has 0 radical (unpaired) electrons. The van der Waals surface area contributed by atoms with Crippen LogP contribution in [0, 0.1) is 29.4 Å². The number of H-pyrrole nitrogens is 1. The first-order valence-corrected chi connectivity index (χ1v) is 12.4. The van der Waals surface area contributed by atoms with Crippen molar-refractivity contribution in [1.29, 1.82) is 0 Å². The van der Waals surface area contributed by atoms with Crippen molar-refractivity contribution in [1.82, 2.24) is 20.2 Å². The normalized spacial score (nSPS) is 18.4. The number of nitrogens with zero attached hydrogens (tertiary/aromatic N) is 2. The Morgan fingerprint density at radius 3 is 2.59 bits per heavy atom. The summed E-state index contributed by atoms with van der Waals surface area (Å²) in [4.78, 5) is 47.9. The quantitative estimate of drug-likeness (QED) is 0.444. The molecule has 1 aliphatic rings. The molecule has 202 valence electrons. The van der Waals surface area contributed by atoms with Crippen LogP contribution in [0.15, 0.2) is 24.4 Å². The molecule has 1 fully saturated rings. The molecule has 4 atom stereocenters. The second-order valence-electron chi connectivity index (χ2n) is 10.00. The van der Waals surface area contributed by atoms with Gasteiger partial charge < -0.3 is 25.7 Å². The van der Waals surface area contributed by atoms with Crippen LogP contribution in [0.25, 0.3) is 11.3 Å². The number of aromatic nitrogens is 2. The van der Waals surface area contributed by atoms with Crippen molar-refractivity contribution >= 4 is 17.7 Å². The van der Waals surface area contributed by atoms with Crippen LogP contribution in [0.5, 0.6) is 0 Å². The van der Waals surface area contributed by atoms with Crippen LogP contribution in [-0.2, 0) is 19.1 Å². The van der Waals surface area contributed by atoms with Crippen LogP contribution in [-0.4, -0.2) is 58.4 Å². The number of halogens is 2. The predicted molar refractivity (Wildman–Crippen MR) is 133 cm³/mol. The molecular weight excluding hydrogens is 484 g/mol. The molecule has 3 rings (SSSR count). The Hall–Kier alpha value is -3.34. The van der Waals surface area contributed by atoms with E-state index < -0.39 is 41.3 Å². The minimum Gasteiger partial charge on any atom is -0.377 e. The number of carbonyl (C=O) groups excluding carboxylic acids is 3. The van der Waals surface area contributed by atoms with Crippen LogP contribution >= 0.6 is 0 Å². The number of primary amides is 1. The Kier molecular flexibility index (Phi) is 9.36. The second-order valence-corrected chi connectivity index (χ2v) is 10.00. The van der Waals surface area contributed by atoms with Crippen LogP contribution < -0.4 is 11.1 Å². The number of rotatable bonds is 10. The summed E-state index contributed by atoms with van der Waals surface area (Å²) in [5.41, 5.74) is 6.14. The van der Waals surface area contributed by atoms with Crippen LogP contribution in [0.2, 0.25) is 0 Å². The molecule has 11 heteroatoms. The van der Waals surface area contributed by atoms with Crippen LogP contribution in [0.4, 0.5) is 8.78 Å². The van der Waals surface area contributed by atoms with Crippen molar-refractivity contribution in [2.24, 2.45) is 23.5 Å². The lowest BCUT2D eigenvalue weighted by atomic mass is 9.81. The molecule has 1 unspecified atom stereocenters. The van der Waals surface area contributed by atoms with Gasteiger partial charge in [-0.15, -0.1) is 0 Å². The second kappa shape index (κ2) is 12.3. The monoisotopic (exact) mass is 519 g/mol. The van der Waals surface area contributed by atoms with Gasteiger partial charge in [-0.1, -0.05) is 13.8 Å². The number of nitrogens with two attached hydrogens (primary N) is 1. The zero-order valence-electron chi connectivity index (χ0n) is 21.6. The van der Waals surface area contributed by atoms with Gasteiger partial charge in [0.15, 0.2) is 0 Å². The molecule has 2 heterocycles. The highest BCUT2D eigenvalue weighted by Crippen LogP contribution is 2.27. The average molecular weight is 520 g/mol. The molecule has 0 aliphatic carbocycles. The molecule has 4 N–H and O–H groups in total. The minimum absolute atomic E-state index is 0.0703.